The zero-order valence-corrected chi connectivity index (χ0v) is 9.55. The van der Waals surface area contributed by atoms with Gasteiger partial charge in [-0.1, -0.05) is 0 Å². The van der Waals surface area contributed by atoms with Crippen molar-refractivity contribution in [2.45, 2.75) is 26.5 Å². The molecular formula is C10H17N3O3. The quantitative estimate of drug-likeness (QED) is 0.713. The van der Waals surface area contributed by atoms with Crippen molar-refractivity contribution < 1.29 is 14.3 Å². The molecule has 1 heterocycles. The molecule has 1 aromatic rings. The van der Waals surface area contributed by atoms with Gasteiger partial charge in [0.05, 0.1) is 18.5 Å². The molecule has 2 N–H and O–H groups in total. The molecule has 0 spiro atoms. The Morgan fingerprint density at radius 3 is 3.00 bits per heavy atom. The average Bonchev–Trinajstić information content (AvgIpc) is 2.60. The van der Waals surface area contributed by atoms with Crippen LogP contribution in [-0.4, -0.2) is 35.1 Å². The maximum Gasteiger partial charge on any atom is 0.328 e. The summed E-state index contributed by atoms with van der Waals surface area (Å²) in [4.78, 5) is 11.4. The van der Waals surface area contributed by atoms with Crippen LogP contribution in [0.3, 0.4) is 0 Å². The van der Waals surface area contributed by atoms with E-state index in [-0.39, 0.29) is 18.6 Å². The second kappa shape index (κ2) is 6.12. The summed E-state index contributed by atoms with van der Waals surface area (Å²) in [6, 6.07) is 0. The number of esters is 1. The molecule has 0 amide bonds. The third kappa shape index (κ3) is 4.31. The van der Waals surface area contributed by atoms with Crippen LogP contribution in [0, 0.1) is 0 Å². The normalized spacial score (nSPS) is 12.4. The summed E-state index contributed by atoms with van der Waals surface area (Å²) < 4.78 is 11.7. The predicted molar refractivity (Wildman–Crippen MR) is 58.7 cm³/mol. The minimum Gasteiger partial charge on any atom is -0.459 e. The smallest absolute Gasteiger partial charge is 0.328 e. The summed E-state index contributed by atoms with van der Waals surface area (Å²) in [7, 11) is 0. The molecule has 1 atom stereocenters. The molecule has 0 aromatic carbocycles. The first-order valence-electron chi connectivity index (χ1n) is 5.17. The Morgan fingerprint density at radius 1 is 1.69 bits per heavy atom. The Hall–Kier alpha value is -1.56. The Morgan fingerprint density at radius 2 is 2.44 bits per heavy atom. The van der Waals surface area contributed by atoms with Crippen molar-refractivity contribution in [3.8, 4) is 0 Å². The first kappa shape index (κ1) is 12.5. The summed E-state index contributed by atoms with van der Waals surface area (Å²) in [6.45, 7) is 4.75. The van der Waals surface area contributed by atoms with Crippen molar-refractivity contribution in [3.63, 3.8) is 0 Å². The van der Waals surface area contributed by atoms with Gasteiger partial charge in [-0.2, -0.15) is 5.10 Å². The van der Waals surface area contributed by atoms with Crippen molar-refractivity contribution >= 4 is 11.7 Å². The third-order valence-electron chi connectivity index (χ3n) is 1.83. The van der Waals surface area contributed by atoms with Gasteiger partial charge in [-0.15, -0.1) is 0 Å². The molecule has 1 unspecified atom stereocenters. The van der Waals surface area contributed by atoms with Crippen LogP contribution in [0.5, 0.6) is 0 Å². The topological polar surface area (TPSA) is 79.4 Å². The lowest BCUT2D eigenvalue weighted by molar-refractivity contribution is -0.151. The zero-order valence-electron chi connectivity index (χ0n) is 9.55. The number of nitrogens with zero attached hydrogens (tertiary/aromatic N) is 2. The molecule has 1 aromatic heterocycles. The number of rotatable bonds is 6. The Kier molecular flexibility index (Phi) is 4.78. The largest absolute Gasteiger partial charge is 0.459 e. The lowest BCUT2D eigenvalue weighted by Crippen LogP contribution is -2.23. The third-order valence-corrected chi connectivity index (χ3v) is 1.83. The Labute approximate surface area is 94.3 Å². The van der Waals surface area contributed by atoms with Crippen LogP contribution in [-0.2, 0) is 20.8 Å². The van der Waals surface area contributed by atoms with Gasteiger partial charge in [0, 0.05) is 12.8 Å². The number of carbonyl (C=O) groups excluding carboxylic acids is 1. The van der Waals surface area contributed by atoms with Crippen LogP contribution < -0.4 is 5.73 Å². The highest BCUT2D eigenvalue weighted by Crippen LogP contribution is 1.99. The molecule has 0 bridgehead atoms. The molecule has 0 aliphatic carbocycles. The van der Waals surface area contributed by atoms with Crippen LogP contribution in [0.15, 0.2) is 12.4 Å². The molecule has 6 heteroatoms. The number of hydrogen-bond donors (Lipinski definition) is 1. The number of ether oxygens (including phenoxy) is 2. The second-order valence-corrected chi connectivity index (χ2v) is 3.43. The summed E-state index contributed by atoms with van der Waals surface area (Å²) >= 11 is 0. The van der Waals surface area contributed by atoms with Gasteiger partial charge in [-0.05, 0) is 13.8 Å². The van der Waals surface area contributed by atoms with Crippen molar-refractivity contribution in [2.24, 2.45) is 0 Å². The van der Waals surface area contributed by atoms with E-state index in [1.807, 2.05) is 6.92 Å². The molecule has 90 valence electrons. The number of nitrogen functional groups attached to an aromatic ring is 1. The van der Waals surface area contributed by atoms with Crippen LogP contribution in [0.4, 0.5) is 5.69 Å². The fraction of sp³-hybridized carbons (Fsp3) is 0.600. The van der Waals surface area contributed by atoms with E-state index in [1.165, 1.54) is 10.9 Å². The number of carbonyl (C=O) groups is 1. The van der Waals surface area contributed by atoms with E-state index >= 15 is 0 Å². The Balaban J connectivity index is 2.30. The van der Waals surface area contributed by atoms with Gasteiger partial charge in [-0.25, -0.2) is 0 Å². The summed E-state index contributed by atoms with van der Waals surface area (Å²) in [5, 5.41) is 3.88. The summed E-state index contributed by atoms with van der Waals surface area (Å²) in [5.41, 5.74) is 5.99. The molecular weight excluding hydrogens is 210 g/mol. The highest BCUT2D eigenvalue weighted by molar-refractivity contribution is 5.69. The van der Waals surface area contributed by atoms with E-state index in [0.717, 1.165) is 0 Å². The molecule has 0 saturated carbocycles. The van der Waals surface area contributed by atoms with Gasteiger partial charge in [0.25, 0.3) is 0 Å². The fourth-order valence-electron chi connectivity index (χ4n) is 1.18. The van der Waals surface area contributed by atoms with E-state index in [2.05, 4.69) is 5.10 Å². The standard InChI is InChI=1S/C10H17N3O3/c1-3-15-7-8(2)16-10(14)6-13-5-9(11)4-12-13/h4-5,8H,3,6-7,11H2,1-2H3. The lowest BCUT2D eigenvalue weighted by Gasteiger charge is -2.12. The molecule has 0 fully saturated rings. The molecule has 0 radical (unpaired) electrons. The van der Waals surface area contributed by atoms with Crippen LogP contribution in [0.1, 0.15) is 13.8 Å². The van der Waals surface area contributed by atoms with Gasteiger partial charge in [0.15, 0.2) is 0 Å². The van der Waals surface area contributed by atoms with Crippen LogP contribution in [0.25, 0.3) is 0 Å². The van der Waals surface area contributed by atoms with Crippen LogP contribution >= 0.6 is 0 Å². The molecule has 6 nitrogen and oxygen atoms in total. The first-order valence-corrected chi connectivity index (χ1v) is 5.17. The van der Waals surface area contributed by atoms with E-state index in [1.54, 1.807) is 13.1 Å². The van der Waals surface area contributed by atoms with Crippen molar-refractivity contribution in [2.75, 3.05) is 18.9 Å². The maximum absolute atomic E-state index is 11.4. The number of anilines is 1. The van der Waals surface area contributed by atoms with Gasteiger partial charge in [0.2, 0.25) is 0 Å². The first-order chi connectivity index (χ1) is 7.61. The zero-order chi connectivity index (χ0) is 12.0. The highest BCUT2D eigenvalue weighted by Gasteiger charge is 2.10. The fourth-order valence-corrected chi connectivity index (χ4v) is 1.18. The number of hydrogen-bond acceptors (Lipinski definition) is 5. The van der Waals surface area contributed by atoms with Crippen LogP contribution in [0.2, 0.25) is 0 Å². The molecule has 1 rings (SSSR count). The van der Waals surface area contributed by atoms with Crippen molar-refractivity contribution in [1.82, 2.24) is 9.78 Å². The predicted octanol–water partition coefficient (Wildman–Crippen LogP) is 0.433. The molecule has 0 aliphatic rings. The minimum absolute atomic E-state index is 0.0632. The average molecular weight is 227 g/mol. The molecule has 0 saturated heterocycles. The van der Waals surface area contributed by atoms with E-state index in [0.29, 0.717) is 18.9 Å². The van der Waals surface area contributed by atoms with Crippen molar-refractivity contribution in [3.05, 3.63) is 12.4 Å². The van der Waals surface area contributed by atoms with E-state index in [9.17, 15) is 4.79 Å². The van der Waals surface area contributed by atoms with Crippen molar-refractivity contribution in [1.29, 1.82) is 0 Å². The van der Waals surface area contributed by atoms with Gasteiger partial charge < -0.3 is 15.2 Å². The summed E-state index contributed by atoms with van der Waals surface area (Å²) in [5.74, 6) is -0.352. The van der Waals surface area contributed by atoms with E-state index < -0.39 is 0 Å². The minimum atomic E-state index is -0.352. The highest BCUT2D eigenvalue weighted by atomic mass is 16.6. The second-order valence-electron chi connectivity index (χ2n) is 3.43. The number of nitrogens with two attached hydrogens (primary N) is 1. The Bertz CT molecular complexity index is 338. The maximum atomic E-state index is 11.4. The summed E-state index contributed by atoms with van der Waals surface area (Å²) in [6.07, 6.45) is 2.81. The molecule has 16 heavy (non-hydrogen) atoms. The number of aromatic nitrogens is 2. The van der Waals surface area contributed by atoms with Gasteiger partial charge in [-0.3, -0.25) is 9.48 Å². The SMILES string of the molecule is CCOCC(C)OC(=O)Cn1cc(N)cn1. The molecule has 0 aliphatic heterocycles. The lowest BCUT2D eigenvalue weighted by atomic mass is 10.4. The van der Waals surface area contributed by atoms with E-state index in [4.69, 9.17) is 15.2 Å². The van der Waals surface area contributed by atoms with Gasteiger partial charge >= 0.3 is 5.97 Å². The monoisotopic (exact) mass is 227 g/mol. The van der Waals surface area contributed by atoms with Gasteiger partial charge in [0.1, 0.15) is 12.6 Å².